The third-order valence-corrected chi connectivity index (χ3v) is 4.04. The summed E-state index contributed by atoms with van der Waals surface area (Å²) in [6.07, 6.45) is 4.71. The van der Waals surface area contributed by atoms with Crippen molar-refractivity contribution in [3.8, 4) is 11.4 Å². The van der Waals surface area contributed by atoms with Gasteiger partial charge >= 0.3 is 0 Å². The standard InChI is InChI=1S/C16H20N4O2/c1-20-8-7-18-14(20)12-3-2-4-13(11-12)19-15(21)16(17)5-9-22-10-6-16/h2-4,7-8,11H,5-6,9-10,17H2,1H3,(H,19,21). The number of carbonyl (C=O) groups excluding carboxylic acids is 1. The Kier molecular flexibility index (Phi) is 3.96. The van der Waals surface area contributed by atoms with Crippen LogP contribution in [0.5, 0.6) is 0 Å². The molecule has 3 rings (SSSR count). The van der Waals surface area contributed by atoms with Crippen molar-refractivity contribution in [1.82, 2.24) is 9.55 Å². The maximum Gasteiger partial charge on any atom is 0.244 e. The molecule has 0 atom stereocenters. The van der Waals surface area contributed by atoms with Crippen molar-refractivity contribution in [1.29, 1.82) is 0 Å². The summed E-state index contributed by atoms with van der Waals surface area (Å²) in [7, 11) is 1.94. The summed E-state index contributed by atoms with van der Waals surface area (Å²) in [5, 5.41) is 2.92. The summed E-state index contributed by atoms with van der Waals surface area (Å²) in [4.78, 5) is 16.8. The molecule has 1 aliphatic heterocycles. The average molecular weight is 300 g/mol. The maximum absolute atomic E-state index is 12.4. The van der Waals surface area contributed by atoms with Crippen LogP contribution in [0.1, 0.15) is 12.8 Å². The molecule has 0 saturated carbocycles. The molecule has 1 amide bonds. The minimum atomic E-state index is -0.850. The Morgan fingerprint density at radius 3 is 2.86 bits per heavy atom. The topological polar surface area (TPSA) is 82.2 Å². The molecule has 3 N–H and O–H groups in total. The van der Waals surface area contributed by atoms with E-state index in [2.05, 4.69) is 10.3 Å². The fraction of sp³-hybridized carbons (Fsp3) is 0.375. The van der Waals surface area contributed by atoms with Gasteiger partial charge in [-0.05, 0) is 25.0 Å². The van der Waals surface area contributed by atoms with E-state index < -0.39 is 5.54 Å². The number of benzene rings is 1. The molecule has 0 unspecified atom stereocenters. The van der Waals surface area contributed by atoms with Crippen molar-refractivity contribution in [2.45, 2.75) is 18.4 Å². The normalized spacial score (nSPS) is 17.2. The number of hydrogen-bond donors (Lipinski definition) is 2. The van der Waals surface area contributed by atoms with Crippen molar-refractivity contribution in [2.24, 2.45) is 12.8 Å². The molecule has 0 spiro atoms. The fourth-order valence-corrected chi connectivity index (χ4v) is 2.60. The number of imidazole rings is 1. The van der Waals surface area contributed by atoms with Crippen molar-refractivity contribution < 1.29 is 9.53 Å². The van der Waals surface area contributed by atoms with E-state index >= 15 is 0 Å². The summed E-state index contributed by atoms with van der Waals surface area (Å²) in [6.45, 7) is 1.05. The SMILES string of the molecule is Cn1ccnc1-c1cccc(NC(=O)C2(N)CCOCC2)c1. The zero-order valence-corrected chi connectivity index (χ0v) is 12.6. The Bertz CT molecular complexity index is 674. The number of ether oxygens (including phenoxy) is 1. The van der Waals surface area contributed by atoms with Crippen molar-refractivity contribution in [3.63, 3.8) is 0 Å². The van der Waals surface area contributed by atoms with Crippen LogP contribution in [0.15, 0.2) is 36.7 Å². The lowest BCUT2D eigenvalue weighted by Gasteiger charge is -2.31. The lowest BCUT2D eigenvalue weighted by atomic mass is 9.90. The van der Waals surface area contributed by atoms with Gasteiger partial charge in [-0.2, -0.15) is 0 Å². The summed E-state index contributed by atoms with van der Waals surface area (Å²) >= 11 is 0. The van der Waals surface area contributed by atoms with E-state index in [0.29, 0.717) is 26.1 Å². The minimum absolute atomic E-state index is 0.159. The number of rotatable bonds is 3. The van der Waals surface area contributed by atoms with Crippen molar-refractivity contribution in [3.05, 3.63) is 36.7 Å². The molecule has 6 heteroatoms. The monoisotopic (exact) mass is 300 g/mol. The summed E-state index contributed by atoms with van der Waals surface area (Å²) in [5.74, 6) is 0.692. The first-order chi connectivity index (χ1) is 10.6. The highest BCUT2D eigenvalue weighted by Gasteiger charge is 2.35. The number of nitrogens with zero attached hydrogens (tertiary/aromatic N) is 2. The van der Waals surface area contributed by atoms with Gasteiger partial charge in [-0.1, -0.05) is 12.1 Å². The maximum atomic E-state index is 12.4. The first-order valence-electron chi connectivity index (χ1n) is 7.34. The largest absolute Gasteiger partial charge is 0.381 e. The summed E-state index contributed by atoms with van der Waals surface area (Å²) in [6, 6.07) is 7.62. The van der Waals surface area contributed by atoms with Crippen LogP contribution in [0.25, 0.3) is 11.4 Å². The molecular weight excluding hydrogens is 280 g/mol. The van der Waals surface area contributed by atoms with Gasteiger partial charge in [-0.25, -0.2) is 4.98 Å². The minimum Gasteiger partial charge on any atom is -0.381 e. The van der Waals surface area contributed by atoms with Gasteiger partial charge < -0.3 is 20.4 Å². The Balaban J connectivity index is 1.78. The van der Waals surface area contributed by atoms with Gasteiger partial charge in [0.25, 0.3) is 0 Å². The smallest absolute Gasteiger partial charge is 0.244 e. The predicted molar refractivity (Wildman–Crippen MR) is 84.2 cm³/mol. The summed E-state index contributed by atoms with van der Waals surface area (Å²) in [5.41, 5.74) is 7.02. The van der Waals surface area contributed by atoms with Crippen molar-refractivity contribution >= 4 is 11.6 Å². The first kappa shape index (κ1) is 14.7. The summed E-state index contributed by atoms with van der Waals surface area (Å²) < 4.78 is 7.21. The van der Waals surface area contributed by atoms with Crippen LogP contribution in [0.2, 0.25) is 0 Å². The molecule has 1 aromatic heterocycles. The molecule has 1 fully saturated rings. The fourth-order valence-electron chi connectivity index (χ4n) is 2.60. The van der Waals surface area contributed by atoms with Crippen LogP contribution in [-0.4, -0.2) is 34.2 Å². The van der Waals surface area contributed by atoms with E-state index in [-0.39, 0.29) is 5.91 Å². The number of anilines is 1. The van der Waals surface area contributed by atoms with Gasteiger partial charge in [-0.3, -0.25) is 4.79 Å². The van der Waals surface area contributed by atoms with Crippen LogP contribution in [-0.2, 0) is 16.6 Å². The molecule has 2 aromatic rings. The van der Waals surface area contributed by atoms with Crippen molar-refractivity contribution in [2.75, 3.05) is 18.5 Å². The van der Waals surface area contributed by atoms with E-state index in [9.17, 15) is 4.79 Å². The quantitative estimate of drug-likeness (QED) is 0.900. The van der Waals surface area contributed by atoms with Crippen LogP contribution in [0, 0.1) is 0 Å². The number of aromatic nitrogens is 2. The van der Waals surface area contributed by atoms with Gasteiger partial charge in [0, 0.05) is 43.9 Å². The van der Waals surface area contributed by atoms with Gasteiger partial charge in [0.2, 0.25) is 5.91 Å². The molecule has 0 radical (unpaired) electrons. The number of aryl methyl sites for hydroxylation is 1. The van der Waals surface area contributed by atoms with Crippen LogP contribution in [0.4, 0.5) is 5.69 Å². The Labute approximate surface area is 129 Å². The second-order valence-electron chi connectivity index (χ2n) is 5.67. The van der Waals surface area contributed by atoms with E-state index in [1.165, 1.54) is 0 Å². The van der Waals surface area contributed by atoms with Crippen LogP contribution >= 0.6 is 0 Å². The zero-order valence-electron chi connectivity index (χ0n) is 12.6. The number of nitrogens with two attached hydrogens (primary N) is 1. The molecule has 1 aliphatic rings. The van der Waals surface area contributed by atoms with Gasteiger partial charge in [0.15, 0.2) is 0 Å². The molecule has 0 aliphatic carbocycles. The number of amides is 1. The van der Waals surface area contributed by atoms with Crippen LogP contribution in [0.3, 0.4) is 0 Å². The molecular formula is C16H20N4O2. The third-order valence-electron chi connectivity index (χ3n) is 4.04. The lowest BCUT2D eigenvalue weighted by Crippen LogP contribution is -2.54. The first-order valence-corrected chi connectivity index (χ1v) is 7.34. The molecule has 6 nitrogen and oxygen atoms in total. The Hall–Kier alpha value is -2.18. The van der Waals surface area contributed by atoms with Gasteiger partial charge in [0.1, 0.15) is 11.4 Å². The molecule has 116 valence electrons. The molecule has 1 aromatic carbocycles. The number of carbonyl (C=O) groups is 1. The van der Waals surface area contributed by atoms with Gasteiger partial charge in [-0.15, -0.1) is 0 Å². The molecule has 1 saturated heterocycles. The highest BCUT2D eigenvalue weighted by molar-refractivity contribution is 5.98. The van der Waals surface area contributed by atoms with E-state index in [1.807, 2.05) is 42.1 Å². The zero-order chi connectivity index (χ0) is 15.6. The van der Waals surface area contributed by atoms with Crippen LogP contribution < -0.4 is 11.1 Å². The molecule has 22 heavy (non-hydrogen) atoms. The second kappa shape index (κ2) is 5.90. The van der Waals surface area contributed by atoms with E-state index in [4.69, 9.17) is 10.5 Å². The average Bonchev–Trinajstić information content (AvgIpc) is 2.94. The third kappa shape index (κ3) is 2.88. The van der Waals surface area contributed by atoms with Gasteiger partial charge in [0.05, 0.1) is 0 Å². The highest BCUT2D eigenvalue weighted by atomic mass is 16.5. The Morgan fingerprint density at radius 1 is 1.41 bits per heavy atom. The van der Waals surface area contributed by atoms with E-state index in [0.717, 1.165) is 17.1 Å². The predicted octanol–water partition coefficient (Wildman–Crippen LogP) is 1.53. The number of nitrogens with one attached hydrogen (secondary N) is 1. The molecule has 2 heterocycles. The van der Waals surface area contributed by atoms with E-state index in [1.54, 1.807) is 6.20 Å². The lowest BCUT2D eigenvalue weighted by molar-refractivity contribution is -0.124. The number of hydrogen-bond acceptors (Lipinski definition) is 4. The second-order valence-corrected chi connectivity index (χ2v) is 5.67. The Morgan fingerprint density at radius 2 is 2.18 bits per heavy atom. The molecule has 0 bridgehead atoms. The highest BCUT2D eigenvalue weighted by Crippen LogP contribution is 2.23.